The van der Waals surface area contributed by atoms with E-state index in [0.29, 0.717) is 12.4 Å². The smallest absolute Gasteiger partial charge is 0.216 e. The SMILES string of the molecule is COc1ccc(C=CCCNC(C)=O)cn1. The van der Waals surface area contributed by atoms with Crippen LogP contribution in [0.3, 0.4) is 0 Å². The Labute approximate surface area is 95.3 Å². The second-order valence-corrected chi connectivity index (χ2v) is 3.31. The summed E-state index contributed by atoms with van der Waals surface area (Å²) in [6.45, 7) is 2.17. The number of hydrogen-bond donors (Lipinski definition) is 1. The second-order valence-electron chi connectivity index (χ2n) is 3.31. The van der Waals surface area contributed by atoms with Crippen molar-refractivity contribution in [3.63, 3.8) is 0 Å². The number of rotatable bonds is 5. The minimum absolute atomic E-state index is 0.000450. The Morgan fingerprint density at radius 3 is 2.94 bits per heavy atom. The molecule has 4 nitrogen and oxygen atoms in total. The molecule has 1 N–H and O–H groups in total. The van der Waals surface area contributed by atoms with Crippen LogP contribution in [0.4, 0.5) is 0 Å². The lowest BCUT2D eigenvalue weighted by molar-refractivity contribution is -0.118. The van der Waals surface area contributed by atoms with Gasteiger partial charge in [-0.1, -0.05) is 12.2 Å². The summed E-state index contributed by atoms with van der Waals surface area (Å²) >= 11 is 0. The van der Waals surface area contributed by atoms with E-state index in [4.69, 9.17) is 4.74 Å². The molecular weight excluding hydrogens is 204 g/mol. The van der Waals surface area contributed by atoms with Crippen LogP contribution in [0.15, 0.2) is 24.4 Å². The first-order chi connectivity index (χ1) is 7.72. The normalized spacial score (nSPS) is 10.4. The Hall–Kier alpha value is -1.84. The lowest BCUT2D eigenvalue weighted by atomic mass is 10.2. The molecule has 0 atom stereocenters. The molecule has 1 amide bonds. The average Bonchev–Trinajstić information content (AvgIpc) is 2.29. The number of nitrogens with one attached hydrogen (secondary N) is 1. The summed E-state index contributed by atoms with van der Waals surface area (Å²) in [7, 11) is 1.59. The molecule has 16 heavy (non-hydrogen) atoms. The van der Waals surface area contributed by atoms with Crippen LogP contribution in [0.25, 0.3) is 6.08 Å². The van der Waals surface area contributed by atoms with E-state index in [2.05, 4.69) is 10.3 Å². The zero-order valence-electron chi connectivity index (χ0n) is 9.56. The molecule has 0 fully saturated rings. The highest BCUT2D eigenvalue weighted by Crippen LogP contribution is 2.07. The van der Waals surface area contributed by atoms with Gasteiger partial charge in [-0.15, -0.1) is 0 Å². The van der Waals surface area contributed by atoms with E-state index < -0.39 is 0 Å². The van der Waals surface area contributed by atoms with Gasteiger partial charge in [-0.25, -0.2) is 4.98 Å². The van der Waals surface area contributed by atoms with Crippen LogP contribution in [-0.2, 0) is 4.79 Å². The summed E-state index contributed by atoms with van der Waals surface area (Å²) in [4.78, 5) is 14.7. The van der Waals surface area contributed by atoms with Gasteiger partial charge in [0.1, 0.15) is 0 Å². The topological polar surface area (TPSA) is 51.2 Å². The molecule has 1 heterocycles. The molecule has 1 aromatic rings. The van der Waals surface area contributed by atoms with E-state index in [-0.39, 0.29) is 5.91 Å². The molecule has 0 unspecified atom stereocenters. The van der Waals surface area contributed by atoms with Crippen molar-refractivity contribution in [2.75, 3.05) is 13.7 Å². The number of methoxy groups -OCH3 is 1. The highest BCUT2D eigenvalue weighted by atomic mass is 16.5. The number of hydrogen-bond acceptors (Lipinski definition) is 3. The first-order valence-electron chi connectivity index (χ1n) is 5.13. The van der Waals surface area contributed by atoms with Crippen LogP contribution in [0.2, 0.25) is 0 Å². The van der Waals surface area contributed by atoms with Gasteiger partial charge >= 0.3 is 0 Å². The van der Waals surface area contributed by atoms with E-state index in [9.17, 15) is 4.79 Å². The van der Waals surface area contributed by atoms with Crippen molar-refractivity contribution in [1.29, 1.82) is 0 Å². The molecule has 0 saturated carbocycles. The zero-order chi connectivity index (χ0) is 11.8. The monoisotopic (exact) mass is 220 g/mol. The van der Waals surface area contributed by atoms with Crippen molar-refractivity contribution in [2.45, 2.75) is 13.3 Å². The van der Waals surface area contributed by atoms with Gasteiger partial charge in [-0.3, -0.25) is 4.79 Å². The molecule has 0 bridgehead atoms. The van der Waals surface area contributed by atoms with Gasteiger partial charge < -0.3 is 10.1 Å². The summed E-state index contributed by atoms with van der Waals surface area (Å²) < 4.78 is 4.96. The highest BCUT2D eigenvalue weighted by molar-refractivity contribution is 5.72. The van der Waals surface area contributed by atoms with Crippen molar-refractivity contribution in [3.05, 3.63) is 30.0 Å². The van der Waals surface area contributed by atoms with Gasteiger partial charge in [0.05, 0.1) is 7.11 Å². The van der Waals surface area contributed by atoms with E-state index in [1.807, 2.05) is 24.3 Å². The highest BCUT2D eigenvalue weighted by Gasteiger charge is 1.91. The Bertz CT molecular complexity index is 358. The van der Waals surface area contributed by atoms with Crippen LogP contribution >= 0.6 is 0 Å². The maximum absolute atomic E-state index is 10.6. The zero-order valence-corrected chi connectivity index (χ0v) is 9.56. The molecule has 0 aliphatic heterocycles. The average molecular weight is 220 g/mol. The lowest BCUT2D eigenvalue weighted by Gasteiger charge is -1.98. The minimum atomic E-state index is -0.000450. The number of carbonyl (C=O) groups excluding carboxylic acids is 1. The molecule has 0 aliphatic rings. The van der Waals surface area contributed by atoms with Crippen LogP contribution in [0.5, 0.6) is 5.88 Å². The van der Waals surface area contributed by atoms with Gasteiger partial charge in [-0.05, 0) is 18.1 Å². The van der Waals surface area contributed by atoms with Crippen molar-refractivity contribution in [1.82, 2.24) is 10.3 Å². The summed E-state index contributed by atoms with van der Waals surface area (Å²) in [6.07, 6.45) is 6.52. The molecule has 0 radical (unpaired) electrons. The van der Waals surface area contributed by atoms with Gasteiger partial charge in [-0.2, -0.15) is 0 Å². The fourth-order valence-corrected chi connectivity index (χ4v) is 1.16. The maximum Gasteiger partial charge on any atom is 0.216 e. The van der Waals surface area contributed by atoms with Gasteiger partial charge in [0.15, 0.2) is 0 Å². The van der Waals surface area contributed by atoms with Crippen LogP contribution in [-0.4, -0.2) is 24.5 Å². The fraction of sp³-hybridized carbons (Fsp3) is 0.333. The first-order valence-corrected chi connectivity index (χ1v) is 5.13. The largest absolute Gasteiger partial charge is 0.481 e. The Kier molecular flexibility index (Phi) is 5.05. The van der Waals surface area contributed by atoms with Crippen molar-refractivity contribution < 1.29 is 9.53 Å². The third-order valence-corrected chi connectivity index (χ3v) is 1.96. The van der Waals surface area contributed by atoms with E-state index in [1.54, 1.807) is 13.3 Å². The third-order valence-electron chi connectivity index (χ3n) is 1.96. The standard InChI is InChI=1S/C12H16N2O2/c1-10(15)13-8-4-3-5-11-6-7-12(16-2)14-9-11/h3,5-7,9H,4,8H2,1-2H3,(H,13,15). The number of amides is 1. The number of pyridine rings is 1. The molecule has 86 valence electrons. The second kappa shape index (κ2) is 6.61. The van der Waals surface area contributed by atoms with Crippen molar-refractivity contribution >= 4 is 12.0 Å². The summed E-state index contributed by atoms with van der Waals surface area (Å²) in [5, 5.41) is 2.72. The fourth-order valence-electron chi connectivity index (χ4n) is 1.16. The predicted octanol–water partition coefficient (Wildman–Crippen LogP) is 1.63. The summed E-state index contributed by atoms with van der Waals surface area (Å²) in [5.41, 5.74) is 1.02. The molecule has 0 aromatic carbocycles. The third kappa shape index (κ3) is 4.59. The summed E-state index contributed by atoms with van der Waals surface area (Å²) in [6, 6.07) is 3.74. The van der Waals surface area contributed by atoms with E-state index in [1.165, 1.54) is 6.92 Å². The number of aromatic nitrogens is 1. The van der Waals surface area contributed by atoms with Crippen LogP contribution < -0.4 is 10.1 Å². The molecule has 0 saturated heterocycles. The maximum atomic E-state index is 10.6. The van der Waals surface area contributed by atoms with Crippen LogP contribution in [0, 0.1) is 0 Å². The molecule has 1 rings (SSSR count). The van der Waals surface area contributed by atoms with Gasteiger partial charge in [0, 0.05) is 25.7 Å². The Morgan fingerprint density at radius 1 is 1.56 bits per heavy atom. The number of ether oxygens (including phenoxy) is 1. The lowest BCUT2D eigenvalue weighted by Crippen LogP contribution is -2.20. The molecule has 0 aliphatic carbocycles. The first kappa shape index (κ1) is 12.2. The van der Waals surface area contributed by atoms with Gasteiger partial charge in [0.2, 0.25) is 11.8 Å². The van der Waals surface area contributed by atoms with E-state index >= 15 is 0 Å². The molecule has 0 spiro atoms. The predicted molar refractivity (Wildman–Crippen MR) is 63.1 cm³/mol. The van der Waals surface area contributed by atoms with Crippen molar-refractivity contribution in [3.8, 4) is 5.88 Å². The Morgan fingerprint density at radius 2 is 2.38 bits per heavy atom. The van der Waals surface area contributed by atoms with Gasteiger partial charge in [0.25, 0.3) is 0 Å². The Balaban J connectivity index is 2.35. The molecule has 1 aromatic heterocycles. The molecular formula is C12H16N2O2. The molecule has 4 heteroatoms. The van der Waals surface area contributed by atoms with Crippen molar-refractivity contribution in [2.24, 2.45) is 0 Å². The number of carbonyl (C=O) groups is 1. The summed E-state index contributed by atoms with van der Waals surface area (Å²) in [5.74, 6) is 0.606. The van der Waals surface area contributed by atoms with E-state index in [0.717, 1.165) is 12.0 Å². The number of nitrogens with zero attached hydrogens (tertiary/aromatic N) is 1. The van der Waals surface area contributed by atoms with Crippen LogP contribution in [0.1, 0.15) is 18.9 Å². The quantitative estimate of drug-likeness (QED) is 0.767. The minimum Gasteiger partial charge on any atom is -0.481 e.